The smallest absolute Gasteiger partial charge is 0.325 e. The van der Waals surface area contributed by atoms with E-state index < -0.39 is 17.9 Å². The zero-order valence-corrected chi connectivity index (χ0v) is 8.77. The van der Waals surface area contributed by atoms with Crippen LogP contribution in [0.5, 0.6) is 5.75 Å². The fraction of sp³-hybridized carbons (Fsp3) is 0.273. The van der Waals surface area contributed by atoms with Gasteiger partial charge in [-0.25, -0.2) is 0 Å². The Morgan fingerprint density at radius 3 is 2.94 bits per heavy atom. The van der Waals surface area contributed by atoms with Crippen LogP contribution in [0, 0.1) is 6.07 Å². The highest BCUT2D eigenvalue weighted by molar-refractivity contribution is 5.84. The molecule has 0 aliphatic carbocycles. The van der Waals surface area contributed by atoms with Crippen molar-refractivity contribution in [1.29, 1.82) is 0 Å². The molecule has 0 bridgehead atoms. The van der Waals surface area contributed by atoms with Crippen molar-refractivity contribution in [3.63, 3.8) is 0 Å². The molecule has 5 heteroatoms. The van der Waals surface area contributed by atoms with Crippen LogP contribution in [0.1, 0.15) is 6.92 Å². The molecule has 1 aromatic rings. The maximum absolute atomic E-state index is 11.2. The Kier molecular flexibility index (Phi) is 4.32. The summed E-state index contributed by atoms with van der Waals surface area (Å²) in [6.45, 7) is 1.17. The highest BCUT2D eigenvalue weighted by Gasteiger charge is 2.13. The molecule has 0 saturated carbocycles. The van der Waals surface area contributed by atoms with Crippen molar-refractivity contribution in [2.45, 2.75) is 13.0 Å². The Labute approximate surface area is 93.0 Å². The average molecular weight is 222 g/mol. The predicted molar refractivity (Wildman–Crippen MR) is 56.0 cm³/mol. The summed E-state index contributed by atoms with van der Waals surface area (Å²) in [6, 6.07) is 8.59. The van der Waals surface area contributed by atoms with Gasteiger partial charge in [-0.15, -0.1) is 0 Å². The number of ether oxygens (including phenoxy) is 1. The average Bonchev–Trinajstić information content (AvgIpc) is 2.27. The monoisotopic (exact) mass is 222 g/mol. The number of carboxylic acids is 1. The first-order valence-corrected chi connectivity index (χ1v) is 4.70. The Morgan fingerprint density at radius 2 is 2.38 bits per heavy atom. The van der Waals surface area contributed by atoms with E-state index in [1.54, 1.807) is 24.3 Å². The molecule has 0 aromatic heterocycles. The van der Waals surface area contributed by atoms with Crippen LogP contribution in [0.2, 0.25) is 0 Å². The van der Waals surface area contributed by atoms with Crippen LogP contribution in [0.15, 0.2) is 24.3 Å². The summed E-state index contributed by atoms with van der Waals surface area (Å²) in [5.41, 5.74) is 0. The molecular weight excluding hydrogens is 210 g/mol. The number of hydrogen-bond donors (Lipinski definition) is 2. The minimum absolute atomic E-state index is 0.213. The van der Waals surface area contributed by atoms with E-state index >= 15 is 0 Å². The van der Waals surface area contributed by atoms with Crippen LogP contribution in [0.3, 0.4) is 0 Å². The molecule has 0 unspecified atom stereocenters. The van der Waals surface area contributed by atoms with Crippen molar-refractivity contribution in [3.05, 3.63) is 30.3 Å². The largest absolute Gasteiger partial charge is 0.484 e. The van der Waals surface area contributed by atoms with E-state index in [2.05, 4.69) is 11.4 Å². The zero-order valence-electron chi connectivity index (χ0n) is 8.77. The molecule has 0 heterocycles. The van der Waals surface area contributed by atoms with E-state index in [4.69, 9.17) is 9.84 Å². The maximum atomic E-state index is 11.2. The van der Waals surface area contributed by atoms with Gasteiger partial charge in [0.2, 0.25) is 0 Å². The van der Waals surface area contributed by atoms with Gasteiger partial charge in [0.05, 0.1) is 0 Å². The molecule has 0 aliphatic heterocycles. The van der Waals surface area contributed by atoms with Crippen LogP contribution < -0.4 is 10.1 Å². The molecule has 1 aromatic carbocycles. The summed E-state index contributed by atoms with van der Waals surface area (Å²) in [6.07, 6.45) is 0. The fourth-order valence-corrected chi connectivity index (χ4v) is 0.960. The number of rotatable bonds is 5. The zero-order chi connectivity index (χ0) is 12.0. The van der Waals surface area contributed by atoms with Gasteiger partial charge in [-0.3, -0.25) is 9.59 Å². The van der Waals surface area contributed by atoms with Gasteiger partial charge < -0.3 is 15.2 Å². The molecular formula is C11H12NO4. The number of amides is 1. The number of carboxylic acid groups (broad SMARTS) is 1. The van der Waals surface area contributed by atoms with Gasteiger partial charge >= 0.3 is 5.97 Å². The van der Waals surface area contributed by atoms with Gasteiger partial charge in [0.15, 0.2) is 6.61 Å². The standard InChI is InChI=1S/C11H12NO4/c1-8(11(14)15)12-10(13)7-16-9-5-3-2-4-6-9/h2-3,5-6,8H,7H2,1H3,(H,12,13)(H,14,15)/t8-/m0/s1. The van der Waals surface area contributed by atoms with E-state index in [9.17, 15) is 9.59 Å². The second-order valence-corrected chi connectivity index (χ2v) is 3.16. The van der Waals surface area contributed by atoms with Crippen molar-refractivity contribution >= 4 is 11.9 Å². The molecule has 2 N–H and O–H groups in total. The summed E-state index contributed by atoms with van der Waals surface area (Å²) in [5, 5.41) is 10.8. The summed E-state index contributed by atoms with van der Waals surface area (Å²) < 4.78 is 5.11. The molecule has 1 radical (unpaired) electrons. The highest BCUT2D eigenvalue weighted by atomic mass is 16.5. The lowest BCUT2D eigenvalue weighted by Crippen LogP contribution is -2.40. The first-order valence-electron chi connectivity index (χ1n) is 4.70. The van der Waals surface area contributed by atoms with Gasteiger partial charge in [0, 0.05) is 0 Å². The minimum atomic E-state index is -1.08. The summed E-state index contributed by atoms with van der Waals surface area (Å²) in [5.74, 6) is -1.04. The molecule has 1 atom stereocenters. The molecule has 16 heavy (non-hydrogen) atoms. The molecule has 0 saturated heterocycles. The third-order valence-electron chi connectivity index (χ3n) is 1.80. The number of aliphatic carboxylic acids is 1. The van der Waals surface area contributed by atoms with Crippen LogP contribution in [-0.4, -0.2) is 29.6 Å². The van der Waals surface area contributed by atoms with Crippen molar-refractivity contribution < 1.29 is 19.4 Å². The lowest BCUT2D eigenvalue weighted by molar-refractivity contribution is -0.141. The molecule has 5 nitrogen and oxygen atoms in total. The number of carbonyl (C=O) groups excluding carboxylic acids is 1. The highest BCUT2D eigenvalue weighted by Crippen LogP contribution is 2.06. The number of carbonyl (C=O) groups is 2. The van der Waals surface area contributed by atoms with Gasteiger partial charge in [-0.1, -0.05) is 12.1 Å². The molecule has 1 rings (SSSR count). The van der Waals surface area contributed by atoms with E-state index in [1.165, 1.54) is 6.92 Å². The first kappa shape index (κ1) is 12.0. The SMILES string of the molecule is C[C@H](NC(=O)COc1c[c]ccc1)C(=O)O. The number of hydrogen-bond acceptors (Lipinski definition) is 3. The van der Waals surface area contributed by atoms with Crippen LogP contribution in [0.25, 0.3) is 0 Å². The summed E-state index contributed by atoms with van der Waals surface area (Å²) in [7, 11) is 0. The Bertz CT molecular complexity index is 364. The van der Waals surface area contributed by atoms with E-state index in [-0.39, 0.29) is 6.61 Å². The van der Waals surface area contributed by atoms with Gasteiger partial charge in [0.1, 0.15) is 11.8 Å². The van der Waals surface area contributed by atoms with Crippen molar-refractivity contribution in [2.75, 3.05) is 6.61 Å². The minimum Gasteiger partial charge on any atom is -0.484 e. The van der Waals surface area contributed by atoms with Crippen molar-refractivity contribution in [2.24, 2.45) is 0 Å². The topological polar surface area (TPSA) is 75.6 Å². The van der Waals surface area contributed by atoms with E-state index in [0.717, 1.165) is 0 Å². The maximum Gasteiger partial charge on any atom is 0.325 e. The third-order valence-corrected chi connectivity index (χ3v) is 1.80. The fourth-order valence-electron chi connectivity index (χ4n) is 0.960. The normalized spacial score (nSPS) is 11.6. The summed E-state index contributed by atoms with van der Waals surface area (Å²) in [4.78, 5) is 21.7. The molecule has 0 fully saturated rings. The van der Waals surface area contributed by atoms with Crippen molar-refractivity contribution in [1.82, 2.24) is 5.32 Å². The molecule has 0 spiro atoms. The second kappa shape index (κ2) is 5.75. The second-order valence-electron chi connectivity index (χ2n) is 3.16. The van der Waals surface area contributed by atoms with Crippen molar-refractivity contribution in [3.8, 4) is 5.75 Å². The predicted octanol–water partition coefficient (Wildman–Crippen LogP) is 0.455. The van der Waals surface area contributed by atoms with Crippen LogP contribution >= 0.6 is 0 Å². The molecule has 1 amide bonds. The van der Waals surface area contributed by atoms with Gasteiger partial charge in [0.25, 0.3) is 5.91 Å². The van der Waals surface area contributed by atoms with Crippen LogP contribution in [0.4, 0.5) is 0 Å². The Balaban J connectivity index is 2.33. The number of nitrogens with one attached hydrogen (secondary N) is 1. The first-order chi connectivity index (χ1) is 7.59. The van der Waals surface area contributed by atoms with E-state index in [0.29, 0.717) is 5.75 Å². The number of benzene rings is 1. The quantitative estimate of drug-likeness (QED) is 0.758. The lowest BCUT2D eigenvalue weighted by atomic mass is 10.3. The molecule has 0 aliphatic rings. The van der Waals surface area contributed by atoms with Gasteiger partial charge in [-0.05, 0) is 25.1 Å². The molecule has 85 valence electrons. The Hall–Kier alpha value is -2.04. The lowest BCUT2D eigenvalue weighted by Gasteiger charge is -2.09. The van der Waals surface area contributed by atoms with Crippen LogP contribution in [-0.2, 0) is 9.59 Å². The summed E-state index contributed by atoms with van der Waals surface area (Å²) >= 11 is 0. The Morgan fingerprint density at radius 1 is 1.62 bits per heavy atom. The van der Waals surface area contributed by atoms with E-state index in [1.807, 2.05) is 0 Å². The van der Waals surface area contributed by atoms with Gasteiger partial charge in [-0.2, -0.15) is 0 Å². The third kappa shape index (κ3) is 4.00.